The summed E-state index contributed by atoms with van der Waals surface area (Å²) in [5.41, 5.74) is 0. The van der Waals surface area contributed by atoms with E-state index >= 15 is 0 Å². The lowest BCUT2D eigenvalue weighted by Crippen LogP contribution is -2.23. The third-order valence-corrected chi connectivity index (χ3v) is 2.41. The van der Waals surface area contributed by atoms with Gasteiger partial charge in [-0.1, -0.05) is 6.92 Å². The zero-order valence-electron chi connectivity index (χ0n) is 9.42. The first-order valence-corrected chi connectivity index (χ1v) is 5.42. The normalized spacial score (nSPS) is 12.3. The highest BCUT2D eigenvalue weighted by Crippen LogP contribution is 2.06. The molecule has 0 fully saturated rings. The van der Waals surface area contributed by atoms with Crippen LogP contribution in [0, 0.1) is 24.2 Å². The SMILES string of the molecule is CCC(C#N)CNCCc1ccc(C)o1. The Bertz CT molecular complexity index is 325. The number of nitrogens with zero attached hydrogens (tertiary/aromatic N) is 1. The van der Waals surface area contributed by atoms with Crippen LogP contribution in [0.1, 0.15) is 24.9 Å². The molecule has 3 nitrogen and oxygen atoms in total. The number of rotatable bonds is 6. The molecule has 0 saturated heterocycles. The summed E-state index contributed by atoms with van der Waals surface area (Å²) >= 11 is 0. The number of hydrogen-bond donors (Lipinski definition) is 1. The van der Waals surface area contributed by atoms with Crippen molar-refractivity contribution in [1.29, 1.82) is 5.26 Å². The number of hydrogen-bond acceptors (Lipinski definition) is 3. The van der Waals surface area contributed by atoms with Crippen LogP contribution in [0.15, 0.2) is 16.5 Å². The van der Waals surface area contributed by atoms with Gasteiger partial charge in [0, 0.05) is 19.5 Å². The van der Waals surface area contributed by atoms with Gasteiger partial charge in [-0.3, -0.25) is 0 Å². The summed E-state index contributed by atoms with van der Waals surface area (Å²) in [5.74, 6) is 2.09. The lowest BCUT2D eigenvalue weighted by atomic mass is 10.1. The van der Waals surface area contributed by atoms with E-state index in [1.165, 1.54) is 0 Å². The van der Waals surface area contributed by atoms with Gasteiger partial charge in [0.15, 0.2) is 0 Å². The molecule has 82 valence electrons. The van der Waals surface area contributed by atoms with E-state index < -0.39 is 0 Å². The second kappa shape index (κ2) is 6.26. The average Bonchev–Trinajstić information content (AvgIpc) is 2.65. The Morgan fingerprint density at radius 2 is 2.33 bits per heavy atom. The van der Waals surface area contributed by atoms with Gasteiger partial charge in [-0.25, -0.2) is 0 Å². The molecule has 1 aromatic rings. The lowest BCUT2D eigenvalue weighted by molar-refractivity contribution is 0.469. The van der Waals surface area contributed by atoms with Crippen molar-refractivity contribution in [2.24, 2.45) is 5.92 Å². The molecule has 1 N–H and O–H groups in total. The lowest BCUT2D eigenvalue weighted by Gasteiger charge is -2.06. The van der Waals surface area contributed by atoms with E-state index in [4.69, 9.17) is 9.68 Å². The summed E-state index contributed by atoms with van der Waals surface area (Å²) in [6.07, 6.45) is 1.79. The van der Waals surface area contributed by atoms with E-state index in [1.807, 2.05) is 26.0 Å². The van der Waals surface area contributed by atoms with Crippen molar-refractivity contribution >= 4 is 0 Å². The number of furan rings is 1. The molecule has 0 aliphatic rings. The molecule has 3 heteroatoms. The van der Waals surface area contributed by atoms with E-state index in [-0.39, 0.29) is 5.92 Å². The molecule has 0 bridgehead atoms. The van der Waals surface area contributed by atoms with Crippen LogP contribution in [0.4, 0.5) is 0 Å². The second-order valence-electron chi connectivity index (χ2n) is 3.70. The van der Waals surface area contributed by atoms with Crippen LogP contribution in [-0.4, -0.2) is 13.1 Å². The van der Waals surface area contributed by atoms with Gasteiger partial charge in [-0.05, 0) is 25.5 Å². The van der Waals surface area contributed by atoms with Gasteiger partial charge in [-0.15, -0.1) is 0 Å². The quantitative estimate of drug-likeness (QED) is 0.726. The fourth-order valence-corrected chi connectivity index (χ4v) is 1.39. The molecule has 1 aromatic heterocycles. The van der Waals surface area contributed by atoms with Crippen molar-refractivity contribution in [2.75, 3.05) is 13.1 Å². The van der Waals surface area contributed by atoms with Gasteiger partial charge in [0.2, 0.25) is 0 Å². The summed E-state index contributed by atoms with van der Waals surface area (Å²) in [6, 6.07) is 6.24. The highest BCUT2D eigenvalue weighted by Gasteiger charge is 2.03. The first-order chi connectivity index (χ1) is 7.26. The largest absolute Gasteiger partial charge is 0.466 e. The third-order valence-electron chi connectivity index (χ3n) is 2.41. The van der Waals surface area contributed by atoms with E-state index in [1.54, 1.807) is 0 Å². The van der Waals surface area contributed by atoms with Crippen LogP contribution in [0.5, 0.6) is 0 Å². The highest BCUT2D eigenvalue weighted by molar-refractivity contribution is 5.05. The maximum absolute atomic E-state index is 8.74. The molecule has 1 atom stereocenters. The molecule has 0 aliphatic carbocycles. The van der Waals surface area contributed by atoms with E-state index in [0.717, 1.165) is 37.5 Å². The van der Waals surface area contributed by atoms with Gasteiger partial charge in [0.1, 0.15) is 11.5 Å². The maximum atomic E-state index is 8.74. The summed E-state index contributed by atoms with van der Waals surface area (Å²) in [7, 11) is 0. The molecule has 0 aromatic carbocycles. The monoisotopic (exact) mass is 206 g/mol. The van der Waals surface area contributed by atoms with Gasteiger partial charge in [0.25, 0.3) is 0 Å². The topological polar surface area (TPSA) is 49.0 Å². The Morgan fingerprint density at radius 1 is 1.53 bits per heavy atom. The highest BCUT2D eigenvalue weighted by atomic mass is 16.3. The smallest absolute Gasteiger partial charge is 0.105 e. The van der Waals surface area contributed by atoms with Crippen LogP contribution in [-0.2, 0) is 6.42 Å². The van der Waals surface area contributed by atoms with Gasteiger partial charge < -0.3 is 9.73 Å². The zero-order chi connectivity index (χ0) is 11.1. The Balaban J connectivity index is 2.15. The molecular weight excluding hydrogens is 188 g/mol. The molecule has 0 aliphatic heterocycles. The van der Waals surface area contributed by atoms with Crippen LogP contribution in [0.2, 0.25) is 0 Å². The fraction of sp³-hybridized carbons (Fsp3) is 0.583. The Labute approximate surface area is 91.1 Å². The predicted octanol–water partition coefficient (Wildman–Crippen LogP) is 2.27. The predicted molar refractivity (Wildman–Crippen MR) is 59.4 cm³/mol. The van der Waals surface area contributed by atoms with Gasteiger partial charge in [0.05, 0.1) is 12.0 Å². The first kappa shape index (κ1) is 11.8. The summed E-state index contributed by atoms with van der Waals surface area (Å²) in [5, 5.41) is 12.0. The minimum absolute atomic E-state index is 0.128. The molecule has 15 heavy (non-hydrogen) atoms. The van der Waals surface area contributed by atoms with Crippen molar-refractivity contribution in [2.45, 2.75) is 26.7 Å². The molecule has 1 heterocycles. The molecule has 1 rings (SSSR count). The number of aryl methyl sites for hydroxylation is 1. The van der Waals surface area contributed by atoms with Crippen LogP contribution < -0.4 is 5.32 Å². The standard InChI is InChI=1S/C12H18N2O/c1-3-11(8-13)9-14-7-6-12-5-4-10(2)15-12/h4-5,11,14H,3,6-7,9H2,1-2H3. The van der Waals surface area contributed by atoms with Gasteiger partial charge in [-0.2, -0.15) is 5.26 Å². The maximum Gasteiger partial charge on any atom is 0.105 e. The van der Waals surface area contributed by atoms with E-state index in [2.05, 4.69) is 11.4 Å². The number of nitriles is 1. The molecule has 0 spiro atoms. The Morgan fingerprint density at radius 3 is 2.87 bits per heavy atom. The van der Waals surface area contributed by atoms with Crippen molar-refractivity contribution in [1.82, 2.24) is 5.32 Å². The first-order valence-electron chi connectivity index (χ1n) is 5.42. The van der Waals surface area contributed by atoms with Crippen molar-refractivity contribution < 1.29 is 4.42 Å². The third kappa shape index (κ3) is 4.18. The molecule has 0 saturated carbocycles. The molecule has 0 amide bonds. The van der Waals surface area contributed by atoms with Gasteiger partial charge >= 0.3 is 0 Å². The minimum atomic E-state index is 0.128. The van der Waals surface area contributed by atoms with E-state index in [0.29, 0.717) is 0 Å². The second-order valence-corrected chi connectivity index (χ2v) is 3.70. The average molecular weight is 206 g/mol. The summed E-state index contributed by atoms with van der Waals surface area (Å²) < 4.78 is 5.44. The van der Waals surface area contributed by atoms with Crippen molar-refractivity contribution in [3.05, 3.63) is 23.7 Å². The Hall–Kier alpha value is -1.27. The summed E-state index contributed by atoms with van der Waals surface area (Å²) in [4.78, 5) is 0. The van der Waals surface area contributed by atoms with Crippen molar-refractivity contribution in [3.63, 3.8) is 0 Å². The Kier molecular flexibility index (Phi) is 4.92. The zero-order valence-corrected chi connectivity index (χ0v) is 9.42. The van der Waals surface area contributed by atoms with Crippen LogP contribution in [0.25, 0.3) is 0 Å². The van der Waals surface area contributed by atoms with Crippen LogP contribution >= 0.6 is 0 Å². The molecular formula is C12H18N2O. The van der Waals surface area contributed by atoms with E-state index in [9.17, 15) is 0 Å². The fourth-order valence-electron chi connectivity index (χ4n) is 1.39. The minimum Gasteiger partial charge on any atom is -0.466 e. The molecule has 1 unspecified atom stereocenters. The summed E-state index contributed by atoms with van der Waals surface area (Å²) in [6.45, 7) is 5.61. The molecule has 0 radical (unpaired) electrons. The van der Waals surface area contributed by atoms with Crippen LogP contribution in [0.3, 0.4) is 0 Å². The van der Waals surface area contributed by atoms with Crippen molar-refractivity contribution in [3.8, 4) is 6.07 Å². The number of nitrogens with one attached hydrogen (secondary N) is 1.